The van der Waals surface area contributed by atoms with Crippen LogP contribution in [-0.2, 0) is 23.9 Å². The lowest BCUT2D eigenvalue weighted by Gasteiger charge is -2.58. The summed E-state index contributed by atoms with van der Waals surface area (Å²) >= 11 is 0. The molecule has 7 atom stereocenters. The monoisotopic (exact) mass is 416 g/mol. The van der Waals surface area contributed by atoms with E-state index in [1.165, 1.54) is 0 Å². The number of ketones is 2. The van der Waals surface area contributed by atoms with Gasteiger partial charge >= 0.3 is 11.9 Å². The topological polar surface area (TPSA) is 118 Å². The summed E-state index contributed by atoms with van der Waals surface area (Å²) in [7, 11) is 0. The van der Waals surface area contributed by atoms with Gasteiger partial charge in [-0.1, -0.05) is 25.5 Å². The van der Waals surface area contributed by atoms with E-state index >= 15 is 0 Å². The molecule has 7 heteroatoms. The number of aliphatic hydroxyl groups is 1. The molecule has 7 nitrogen and oxygen atoms in total. The van der Waals surface area contributed by atoms with Gasteiger partial charge in [0.1, 0.15) is 0 Å². The fourth-order valence-electron chi connectivity index (χ4n) is 7.15. The number of hydrogen-bond donors (Lipinski definition) is 2. The maximum atomic E-state index is 12.8. The number of esters is 1. The van der Waals surface area contributed by atoms with Crippen molar-refractivity contribution in [3.05, 3.63) is 23.8 Å². The van der Waals surface area contributed by atoms with Gasteiger partial charge in [-0.05, 0) is 61.5 Å². The van der Waals surface area contributed by atoms with Gasteiger partial charge in [0.25, 0.3) is 0 Å². The molecule has 0 spiro atoms. The number of carboxylic acid groups (broad SMARTS) is 1. The first-order chi connectivity index (χ1) is 14.1. The average molecular weight is 416 g/mol. The van der Waals surface area contributed by atoms with Crippen LogP contribution < -0.4 is 0 Å². The number of ether oxygens (including phenoxy) is 1. The van der Waals surface area contributed by atoms with Gasteiger partial charge in [0.2, 0.25) is 0 Å². The zero-order valence-electron chi connectivity index (χ0n) is 17.3. The molecule has 5 unspecified atom stereocenters. The third kappa shape index (κ3) is 3.06. The highest BCUT2D eigenvalue weighted by Crippen LogP contribution is 2.66. The van der Waals surface area contributed by atoms with Gasteiger partial charge in [-0.2, -0.15) is 0 Å². The summed E-state index contributed by atoms with van der Waals surface area (Å²) in [5, 5.41) is 19.9. The van der Waals surface area contributed by atoms with E-state index < -0.39 is 30.1 Å². The molecule has 0 aromatic rings. The van der Waals surface area contributed by atoms with Gasteiger partial charge in [0.15, 0.2) is 18.2 Å². The molecule has 0 amide bonds. The molecule has 30 heavy (non-hydrogen) atoms. The maximum Gasteiger partial charge on any atom is 0.417 e. The third-order valence-corrected chi connectivity index (χ3v) is 8.40. The third-order valence-electron chi connectivity index (χ3n) is 8.40. The molecule has 0 aromatic carbocycles. The Bertz CT molecular complexity index is 871. The summed E-state index contributed by atoms with van der Waals surface area (Å²) in [6.07, 6.45) is 8.31. The van der Waals surface area contributed by atoms with Gasteiger partial charge in [0.05, 0.1) is 6.10 Å². The number of aliphatic carboxylic acids is 1. The molecular weight excluding hydrogens is 388 g/mol. The first-order valence-electron chi connectivity index (χ1n) is 10.6. The van der Waals surface area contributed by atoms with E-state index in [2.05, 4.69) is 11.7 Å². The van der Waals surface area contributed by atoms with E-state index in [1.54, 1.807) is 12.2 Å². The van der Waals surface area contributed by atoms with Crippen LogP contribution in [0, 0.1) is 34.5 Å². The van der Waals surface area contributed by atoms with Gasteiger partial charge in [-0.15, -0.1) is 0 Å². The molecule has 4 aliphatic rings. The highest BCUT2D eigenvalue weighted by molar-refractivity contribution is 6.28. The first-order valence-corrected chi connectivity index (χ1v) is 10.6. The molecule has 0 saturated heterocycles. The summed E-state index contributed by atoms with van der Waals surface area (Å²) < 4.78 is 4.63. The summed E-state index contributed by atoms with van der Waals surface area (Å²) in [4.78, 5) is 46.5. The van der Waals surface area contributed by atoms with Crippen molar-refractivity contribution in [3.8, 4) is 0 Å². The molecule has 0 aliphatic heterocycles. The predicted molar refractivity (Wildman–Crippen MR) is 105 cm³/mol. The van der Waals surface area contributed by atoms with Crippen LogP contribution in [0.15, 0.2) is 23.8 Å². The number of aliphatic hydroxyl groups excluding tert-OH is 1. The van der Waals surface area contributed by atoms with Crippen LogP contribution in [0.4, 0.5) is 0 Å². The molecule has 0 heterocycles. The van der Waals surface area contributed by atoms with Crippen molar-refractivity contribution in [2.24, 2.45) is 34.5 Å². The fraction of sp³-hybridized carbons (Fsp3) is 0.652. The first kappa shape index (κ1) is 21.0. The van der Waals surface area contributed by atoms with E-state index in [-0.39, 0.29) is 40.7 Å². The van der Waals surface area contributed by atoms with E-state index in [4.69, 9.17) is 5.11 Å². The molecule has 0 bridgehead atoms. The van der Waals surface area contributed by atoms with E-state index in [0.29, 0.717) is 12.8 Å². The van der Waals surface area contributed by atoms with Crippen LogP contribution in [0.5, 0.6) is 0 Å². The zero-order chi connectivity index (χ0) is 21.8. The molecule has 4 rings (SSSR count). The highest BCUT2D eigenvalue weighted by Gasteiger charge is 2.62. The Balaban J connectivity index is 1.57. The Morgan fingerprint density at radius 1 is 1.20 bits per heavy atom. The Hall–Kier alpha value is -2.28. The minimum Gasteiger partial charge on any atom is -0.473 e. The molecule has 3 fully saturated rings. The minimum atomic E-state index is -1.72. The van der Waals surface area contributed by atoms with E-state index in [0.717, 1.165) is 24.8 Å². The second-order valence-electron chi connectivity index (χ2n) is 9.78. The van der Waals surface area contributed by atoms with Crippen molar-refractivity contribution in [3.63, 3.8) is 0 Å². The van der Waals surface area contributed by atoms with Crippen LogP contribution in [0.25, 0.3) is 0 Å². The highest BCUT2D eigenvalue weighted by atomic mass is 16.6. The predicted octanol–water partition coefficient (Wildman–Crippen LogP) is 2.08. The molecule has 0 aromatic heterocycles. The normalized spacial score (nSPS) is 41.9. The van der Waals surface area contributed by atoms with Crippen molar-refractivity contribution in [2.45, 2.75) is 52.1 Å². The number of Topliss-reactive ketones (excluding diaryl/α,β-unsaturated/α-hetero) is 1. The second kappa shape index (κ2) is 7.15. The lowest BCUT2D eigenvalue weighted by atomic mass is 9.46. The number of carboxylic acids is 1. The van der Waals surface area contributed by atoms with Crippen molar-refractivity contribution in [2.75, 3.05) is 6.61 Å². The Morgan fingerprint density at radius 2 is 1.93 bits per heavy atom. The van der Waals surface area contributed by atoms with Crippen molar-refractivity contribution >= 4 is 23.5 Å². The maximum absolute atomic E-state index is 12.8. The minimum absolute atomic E-state index is 0.00128. The molecule has 2 N–H and O–H groups in total. The number of carbonyl (C=O) groups is 4. The second-order valence-corrected chi connectivity index (χ2v) is 9.78. The fourth-order valence-corrected chi connectivity index (χ4v) is 7.15. The summed E-state index contributed by atoms with van der Waals surface area (Å²) in [5.41, 5.74) is 0.320. The smallest absolute Gasteiger partial charge is 0.417 e. The summed E-state index contributed by atoms with van der Waals surface area (Å²) in [6, 6.07) is 0. The van der Waals surface area contributed by atoms with Gasteiger partial charge in [0, 0.05) is 17.3 Å². The van der Waals surface area contributed by atoms with Crippen molar-refractivity contribution in [1.82, 2.24) is 0 Å². The Morgan fingerprint density at radius 3 is 2.63 bits per heavy atom. The number of hydrogen-bond acceptors (Lipinski definition) is 6. The van der Waals surface area contributed by atoms with E-state index in [1.807, 2.05) is 13.0 Å². The van der Waals surface area contributed by atoms with Crippen LogP contribution in [-0.4, -0.2) is 46.4 Å². The lowest BCUT2D eigenvalue weighted by Crippen LogP contribution is -2.56. The standard InChI is InChI=1S/C23H28O7/c1-22-8-7-13(24)9-12(22)3-4-14-15-5-6-16(18(26)11-30-21(29)20(27)28)23(15,2)10-17(25)19(14)22/h7-9,14-17,19,25H,3-6,10-11H2,1-2H3,(H,27,28)/t14?,15?,16-,17?,19?,22?,23+/m1/s1. The number of fused-ring (bicyclic) bond motifs is 5. The number of carbonyl (C=O) groups excluding carboxylic acids is 3. The van der Waals surface area contributed by atoms with Crippen LogP contribution in [0.3, 0.4) is 0 Å². The van der Waals surface area contributed by atoms with Crippen LogP contribution in [0.1, 0.15) is 46.0 Å². The lowest BCUT2D eigenvalue weighted by molar-refractivity contribution is -0.166. The summed E-state index contributed by atoms with van der Waals surface area (Å²) in [6.45, 7) is 3.60. The molecule has 0 radical (unpaired) electrons. The molecule has 162 valence electrons. The van der Waals surface area contributed by atoms with Crippen LogP contribution >= 0.6 is 0 Å². The van der Waals surface area contributed by atoms with Gasteiger partial charge < -0.3 is 14.9 Å². The summed E-state index contributed by atoms with van der Waals surface area (Å²) in [5.74, 6) is -3.30. The Labute approximate surface area is 175 Å². The Kier molecular flexibility index (Phi) is 5.00. The molecule has 4 aliphatic carbocycles. The molecular formula is C23H28O7. The van der Waals surface area contributed by atoms with Crippen molar-refractivity contribution < 1.29 is 34.1 Å². The van der Waals surface area contributed by atoms with Crippen molar-refractivity contribution in [1.29, 1.82) is 0 Å². The van der Waals surface area contributed by atoms with E-state index in [9.17, 15) is 24.3 Å². The number of allylic oxidation sites excluding steroid dienone is 4. The quantitative estimate of drug-likeness (QED) is 0.534. The average Bonchev–Trinajstić information content (AvgIpc) is 3.02. The van der Waals surface area contributed by atoms with Gasteiger partial charge in [-0.25, -0.2) is 9.59 Å². The largest absolute Gasteiger partial charge is 0.473 e. The zero-order valence-corrected chi connectivity index (χ0v) is 17.3. The number of rotatable bonds is 3. The van der Waals surface area contributed by atoms with Gasteiger partial charge in [-0.3, -0.25) is 9.59 Å². The molecule has 3 saturated carbocycles. The van der Waals surface area contributed by atoms with Crippen LogP contribution in [0.2, 0.25) is 0 Å². The SMILES string of the molecule is CC12C=CC(=O)C=C1CCC1C2C(O)C[C@@]2(C)C1CC[C@@H]2C(=O)COC(=O)C(=O)O.